The average molecular weight is 235 g/mol. The maximum atomic E-state index is 11.2. The zero-order valence-electron chi connectivity index (χ0n) is 9.46. The molecule has 17 heavy (non-hydrogen) atoms. The number of hydrogen-bond acceptors (Lipinski definition) is 4. The van der Waals surface area contributed by atoms with Crippen molar-refractivity contribution < 1.29 is 14.5 Å². The molecule has 1 aromatic rings. The molecule has 0 aromatic heterocycles. The van der Waals surface area contributed by atoms with Gasteiger partial charge in [-0.05, 0) is 12.1 Å². The van der Waals surface area contributed by atoms with Crippen molar-refractivity contribution in [1.29, 1.82) is 0 Å². The molecule has 0 amide bonds. The van der Waals surface area contributed by atoms with Crippen LogP contribution in [-0.4, -0.2) is 18.0 Å². The number of ether oxygens (including phenoxy) is 1. The van der Waals surface area contributed by atoms with Crippen molar-refractivity contribution in [3.8, 4) is 0 Å². The summed E-state index contributed by atoms with van der Waals surface area (Å²) in [5.41, 5.74) is 0.473. The third kappa shape index (κ3) is 3.41. The van der Waals surface area contributed by atoms with Gasteiger partial charge in [0.25, 0.3) is 0 Å². The first-order valence-corrected chi connectivity index (χ1v) is 5.01. The summed E-state index contributed by atoms with van der Waals surface area (Å²) in [4.78, 5) is 21.4. The van der Waals surface area contributed by atoms with E-state index in [9.17, 15) is 14.9 Å². The number of methoxy groups -OCH3 is 1. The summed E-state index contributed by atoms with van der Waals surface area (Å²) in [6.45, 7) is 3.41. The van der Waals surface area contributed by atoms with Gasteiger partial charge in [-0.25, -0.2) is 0 Å². The molecule has 0 bridgehead atoms. The molecule has 0 saturated carbocycles. The first-order valence-electron chi connectivity index (χ1n) is 5.01. The van der Waals surface area contributed by atoms with Gasteiger partial charge in [-0.2, -0.15) is 0 Å². The molecule has 1 aromatic carbocycles. The van der Waals surface area contributed by atoms with Crippen molar-refractivity contribution in [2.75, 3.05) is 7.11 Å². The van der Waals surface area contributed by atoms with Gasteiger partial charge in [0.05, 0.1) is 24.4 Å². The quantitative estimate of drug-likeness (QED) is 0.445. The molecular weight excluding hydrogens is 222 g/mol. The Morgan fingerprint density at radius 1 is 1.47 bits per heavy atom. The predicted molar refractivity (Wildman–Crippen MR) is 62.0 cm³/mol. The molecule has 5 nitrogen and oxygen atoms in total. The summed E-state index contributed by atoms with van der Waals surface area (Å²) in [6.07, 6.45) is -0.0830. The van der Waals surface area contributed by atoms with Gasteiger partial charge in [-0.3, -0.25) is 14.9 Å². The van der Waals surface area contributed by atoms with Crippen LogP contribution in [0, 0.1) is 10.1 Å². The molecule has 0 radical (unpaired) electrons. The van der Waals surface area contributed by atoms with Gasteiger partial charge in [-0.15, -0.1) is 0 Å². The number of nitro groups is 1. The van der Waals surface area contributed by atoms with Crippen molar-refractivity contribution >= 4 is 5.97 Å². The summed E-state index contributed by atoms with van der Waals surface area (Å²) in [7, 11) is 1.25. The highest BCUT2D eigenvalue weighted by Crippen LogP contribution is 2.27. The van der Waals surface area contributed by atoms with Crippen LogP contribution in [0.5, 0.6) is 0 Å². The van der Waals surface area contributed by atoms with E-state index in [1.165, 1.54) is 7.11 Å². The lowest BCUT2D eigenvalue weighted by Crippen LogP contribution is -2.14. The zero-order valence-corrected chi connectivity index (χ0v) is 9.46. The topological polar surface area (TPSA) is 69.4 Å². The Bertz CT molecular complexity index is 427. The Morgan fingerprint density at radius 2 is 2.06 bits per heavy atom. The fraction of sp³-hybridized carbons (Fsp3) is 0.250. The van der Waals surface area contributed by atoms with Crippen LogP contribution in [0.1, 0.15) is 17.9 Å². The molecule has 1 atom stereocenters. The first-order chi connectivity index (χ1) is 8.06. The fourth-order valence-corrected chi connectivity index (χ4v) is 1.49. The average Bonchev–Trinajstić information content (AvgIpc) is 2.35. The van der Waals surface area contributed by atoms with Crippen molar-refractivity contribution in [2.45, 2.75) is 12.3 Å². The first kappa shape index (κ1) is 12.9. The highest BCUT2D eigenvalue weighted by atomic mass is 16.6. The molecule has 1 rings (SSSR count). The molecule has 0 N–H and O–H groups in total. The molecular formula is C12H13NO4. The summed E-state index contributed by atoms with van der Waals surface area (Å²) >= 11 is 0. The summed E-state index contributed by atoms with van der Waals surface area (Å²) in [6, 6.07) is 8.76. The zero-order chi connectivity index (χ0) is 12.8. The van der Waals surface area contributed by atoms with E-state index >= 15 is 0 Å². The van der Waals surface area contributed by atoms with Crippen LogP contribution in [0.25, 0.3) is 0 Å². The molecule has 0 heterocycles. The number of carbonyl (C=O) groups excluding carboxylic acids is 1. The molecule has 0 spiro atoms. The standard InChI is InChI=1S/C12H13NO4/c1-9(13(15)16)11(8-12(14)17-2)10-6-4-3-5-7-10/h3-7,11H,1,8H2,2H3. The van der Waals surface area contributed by atoms with Crippen molar-refractivity contribution in [2.24, 2.45) is 0 Å². The van der Waals surface area contributed by atoms with Gasteiger partial charge in [0.1, 0.15) is 0 Å². The van der Waals surface area contributed by atoms with Crippen molar-refractivity contribution in [3.05, 3.63) is 58.3 Å². The van der Waals surface area contributed by atoms with E-state index in [0.717, 1.165) is 0 Å². The lowest BCUT2D eigenvalue weighted by atomic mass is 9.93. The second-order valence-electron chi connectivity index (χ2n) is 3.49. The SMILES string of the molecule is C=C(C(CC(=O)OC)c1ccccc1)[N+](=O)[O-]. The molecule has 0 aliphatic carbocycles. The van der Waals surface area contributed by atoms with Gasteiger partial charge in [0.2, 0.25) is 5.70 Å². The lowest BCUT2D eigenvalue weighted by Gasteiger charge is -2.12. The fourth-order valence-electron chi connectivity index (χ4n) is 1.49. The number of nitrogens with zero attached hydrogens (tertiary/aromatic N) is 1. The number of carbonyl (C=O) groups is 1. The van der Waals surface area contributed by atoms with E-state index in [2.05, 4.69) is 11.3 Å². The second kappa shape index (κ2) is 5.79. The summed E-state index contributed by atoms with van der Waals surface area (Å²) < 4.78 is 4.53. The predicted octanol–water partition coefficient (Wildman–Crippen LogP) is 2.12. The largest absolute Gasteiger partial charge is 0.469 e. The van der Waals surface area contributed by atoms with E-state index in [0.29, 0.717) is 5.56 Å². The van der Waals surface area contributed by atoms with Gasteiger partial charge < -0.3 is 4.74 Å². The summed E-state index contributed by atoms with van der Waals surface area (Å²) in [5, 5.41) is 10.7. The van der Waals surface area contributed by atoms with Gasteiger partial charge in [-0.1, -0.05) is 30.3 Å². The van der Waals surface area contributed by atoms with Crippen LogP contribution in [0.2, 0.25) is 0 Å². The Balaban J connectivity index is 2.98. The number of rotatable bonds is 5. The number of allylic oxidation sites excluding steroid dienone is 1. The normalized spacial score (nSPS) is 11.6. The third-order valence-electron chi connectivity index (χ3n) is 2.44. The van der Waals surface area contributed by atoms with Crippen LogP contribution in [-0.2, 0) is 9.53 Å². The maximum Gasteiger partial charge on any atom is 0.306 e. The monoisotopic (exact) mass is 235 g/mol. The molecule has 0 saturated heterocycles. The Hall–Kier alpha value is -2.17. The highest BCUT2D eigenvalue weighted by molar-refractivity contribution is 5.71. The van der Waals surface area contributed by atoms with Crippen LogP contribution in [0.4, 0.5) is 0 Å². The van der Waals surface area contributed by atoms with E-state index in [4.69, 9.17) is 0 Å². The molecule has 1 unspecified atom stereocenters. The van der Waals surface area contributed by atoms with E-state index < -0.39 is 16.8 Å². The smallest absolute Gasteiger partial charge is 0.306 e. The Kier molecular flexibility index (Phi) is 4.39. The third-order valence-corrected chi connectivity index (χ3v) is 2.44. The van der Waals surface area contributed by atoms with E-state index in [-0.39, 0.29) is 12.1 Å². The molecule has 0 aliphatic heterocycles. The second-order valence-corrected chi connectivity index (χ2v) is 3.49. The van der Waals surface area contributed by atoms with Gasteiger partial charge in [0.15, 0.2) is 0 Å². The number of esters is 1. The highest BCUT2D eigenvalue weighted by Gasteiger charge is 2.27. The van der Waals surface area contributed by atoms with E-state index in [1.807, 2.05) is 0 Å². The Morgan fingerprint density at radius 3 is 2.53 bits per heavy atom. The van der Waals surface area contributed by atoms with Crippen molar-refractivity contribution in [1.82, 2.24) is 0 Å². The summed E-state index contributed by atoms with van der Waals surface area (Å²) in [5.74, 6) is -1.15. The minimum absolute atomic E-state index is 0.0830. The maximum absolute atomic E-state index is 11.2. The van der Waals surface area contributed by atoms with E-state index in [1.54, 1.807) is 30.3 Å². The molecule has 0 fully saturated rings. The number of hydrogen-bond donors (Lipinski definition) is 0. The molecule has 0 aliphatic rings. The molecule has 90 valence electrons. The van der Waals surface area contributed by atoms with Gasteiger partial charge in [0, 0.05) is 0 Å². The number of benzene rings is 1. The van der Waals surface area contributed by atoms with Crippen LogP contribution in [0.3, 0.4) is 0 Å². The van der Waals surface area contributed by atoms with Gasteiger partial charge >= 0.3 is 5.97 Å². The minimum Gasteiger partial charge on any atom is -0.469 e. The van der Waals surface area contributed by atoms with Crippen LogP contribution in [0.15, 0.2) is 42.6 Å². The lowest BCUT2D eigenvalue weighted by molar-refractivity contribution is -0.429. The van der Waals surface area contributed by atoms with Crippen LogP contribution >= 0.6 is 0 Å². The van der Waals surface area contributed by atoms with Crippen LogP contribution < -0.4 is 0 Å². The minimum atomic E-state index is -0.654. The molecule has 5 heteroatoms. The van der Waals surface area contributed by atoms with Crippen molar-refractivity contribution in [3.63, 3.8) is 0 Å². The Labute approximate surface area is 98.9 Å².